The first-order valence-electron chi connectivity index (χ1n) is 11.3. The van der Waals surface area contributed by atoms with Gasteiger partial charge in [-0.2, -0.15) is 0 Å². The monoisotopic (exact) mass is 443 g/mol. The summed E-state index contributed by atoms with van der Waals surface area (Å²) in [6, 6.07) is 8.17. The van der Waals surface area contributed by atoms with Gasteiger partial charge in [0.25, 0.3) is 0 Å². The Kier molecular flexibility index (Phi) is 9.51. The molecule has 0 radical (unpaired) electrons. The van der Waals surface area contributed by atoms with Crippen LogP contribution in [0.15, 0.2) is 46.8 Å². The van der Waals surface area contributed by atoms with E-state index in [2.05, 4.69) is 19.1 Å². The molecule has 0 saturated heterocycles. The smallest absolute Gasteiger partial charge is 0.337 e. The molecule has 1 aliphatic rings. The van der Waals surface area contributed by atoms with Gasteiger partial charge >= 0.3 is 11.9 Å². The molecule has 1 aromatic carbocycles. The van der Waals surface area contributed by atoms with Crippen LogP contribution in [0.3, 0.4) is 0 Å². The molecule has 0 amide bonds. The number of rotatable bonds is 10. The zero-order chi connectivity index (χ0) is 23.8. The van der Waals surface area contributed by atoms with Crippen LogP contribution >= 0.6 is 0 Å². The fourth-order valence-electron chi connectivity index (χ4n) is 3.87. The van der Waals surface area contributed by atoms with Gasteiger partial charge in [0.2, 0.25) is 0 Å². The Morgan fingerprint density at radius 1 is 1.00 bits per heavy atom. The van der Waals surface area contributed by atoms with E-state index in [4.69, 9.17) is 14.2 Å². The molecular weight excluding hydrogens is 406 g/mol. The highest BCUT2D eigenvalue weighted by Gasteiger charge is 2.40. The number of aryl methyl sites for hydroxylation is 1. The van der Waals surface area contributed by atoms with Gasteiger partial charge in [0.1, 0.15) is 6.61 Å². The van der Waals surface area contributed by atoms with Gasteiger partial charge < -0.3 is 19.1 Å². The molecule has 0 saturated carbocycles. The molecule has 176 valence electrons. The third-order valence-corrected chi connectivity index (χ3v) is 5.80. The van der Waals surface area contributed by atoms with Gasteiger partial charge in [0.15, 0.2) is 0 Å². The van der Waals surface area contributed by atoms with Crippen molar-refractivity contribution in [1.82, 2.24) is 4.90 Å². The van der Waals surface area contributed by atoms with E-state index < -0.39 is 17.9 Å². The molecule has 0 bridgehead atoms. The predicted octanol–water partition coefficient (Wildman–Crippen LogP) is 4.75. The second-order valence-corrected chi connectivity index (χ2v) is 8.42. The molecule has 2 rings (SSSR count). The summed E-state index contributed by atoms with van der Waals surface area (Å²) < 4.78 is 16.1. The lowest BCUT2D eigenvalue weighted by Gasteiger charge is -2.36. The van der Waals surface area contributed by atoms with E-state index >= 15 is 0 Å². The molecule has 1 unspecified atom stereocenters. The maximum atomic E-state index is 13.2. The molecule has 32 heavy (non-hydrogen) atoms. The van der Waals surface area contributed by atoms with Crippen molar-refractivity contribution in [2.75, 3.05) is 27.4 Å². The molecule has 0 aliphatic carbocycles. The third-order valence-electron chi connectivity index (χ3n) is 5.80. The quantitative estimate of drug-likeness (QED) is 0.384. The average Bonchev–Trinajstić information content (AvgIpc) is 2.75. The zero-order valence-corrected chi connectivity index (χ0v) is 20.5. The number of benzene rings is 1. The minimum atomic E-state index is -0.562. The Bertz CT molecular complexity index is 867. The first kappa shape index (κ1) is 25.7. The van der Waals surface area contributed by atoms with E-state index in [1.807, 2.05) is 51.8 Å². The SMILES string of the molecule is CCCCc1ccc(C2C(C(=O)OCCOC)=C(C)N(C)C(C)=C2C(=O)OC(C)C)cc1. The van der Waals surface area contributed by atoms with Crippen molar-refractivity contribution in [3.8, 4) is 0 Å². The number of nitrogens with zero attached hydrogens (tertiary/aromatic N) is 1. The van der Waals surface area contributed by atoms with E-state index in [0.29, 0.717) is 17.8 Å². The molecule has 1 aromatic rings. The van der Waals surface area contributed by atoms with Crippen LogP contribution in [0.25, 0.3) is 0 Å². The fraction of sp³-hybridized carbons (Fsp3) is 0.538. The number of ether oxygens (including phenoxy) is 3. The number of methoxy groups -OCH3 is 1. The lowest BCUT2D eigenvalue weighted by molar-refractivity contribution is -0.143. The Labute approximate surface area is 192 Å². The molecule has 1 heterocycles. The van der Waals surface area contributed by atoms with Gasteiger partial charge in [0.05, 0.1) is 29.8 Å². The highest BCUT2D eigenvalue weighted by Crippen LogP contribution is 2.42. The first-order valence-corrected chi connectivity index (χ1v) is 11.3. The minimum Gasteiger partial charge on any atom is -0.460 e. The summed E-state index contributed by atoms with van der Waals surface area (Å²) in [5, 5.41) is 0. The Morgan fingerprint density at radius 3 is 2.12 bits per heavy atom. The third kappa shape index (κ3) is 6.00. The molecule has 6 heteroatoms. The van der Waals surface area contributed by atoms with Gasteiger partial charge in [-0.1, -0.05) is 37.6 Å². The zero-order valence-electron chi connectivity index (χ0n) is 20.5. The number of esters is 2. The molecule has 0 spiro atoms. The van der Waals surface area contributed by atoms with Gasteiger partial charge in [-0.3, -0.25) is 0 Å². The molecule has 0 aromatic heterocycles. The number of hydrogen-bond acceptors (Lipinski definition) is 6. The summed E-state index contributed by atoms with van der Waals surface area (Å²) in [5.74, 6) is -1.43. The van der Waals surface area contributed by atoms with Crippen molar-refractivity contribution in [3.63, 3.8) is 0 Å². The van der Waals surface area contributed by atoms with E-state index in [1.54, 1.807) is 7.11 Å². The van der Waals surface area contributed by atoms with Crippen LogP contribution in [0.4, 0.5) is 0 Å². The van der Waals surface area contributed by atoms with E-state index in [1.165, 1.54) is 5.56 Å². The number of carbonyl (C=O) groups is 2. The average molecular weight is 444 g/mol. The number of carbonyl (C=O) groups excluding carboxylic acids is 2. The maximum Gasteiger partial charge on any atom is 0.337 e. The minimum absolute atomic E-state index is 0.146. The van der Waals surface area contributed by atoms with Crippen LogP contribution in [-0.2, 0) is 30.2 Å². The van der Waals surface area contributed by atoms with Crippen molar-refractivity contribution >= 4 is 11.9 Å². The highest BCUT2D eigenvalue weighted by molar-refractivity contribution is 5.99. The Morgan fingerprint density at radius 2 is 1.59 bits per heavy atom. The van der Waals surface area contributed by atoms with Crippen LogP contribution in [0, 0.1) is 0 Å². The molecule has 0 N–H and O–H groups in total. The Balaban J connectivity index is 2.56. The summed E-state index contributed by atoms with van der Waals surface area (Å²) >= 11 is 0. The van der Waals surface area contributed by atoms with Crippen LogP contribution < -0.4 is 0 Å². The molecule has 1 aliphatic heterocycles. The topological polar surface area (TPSA) is 65.1 Å². The van der Waals surface area contributed by atoms with Crippen LogP contribution in [-0.4, -0.2) is 50.3 Å². The van der Waals surface area contributed by atoms with Gasteiger partial charge in [0, 0.05) is 25.6 Å². The van der Waals surface area contributed by atoms with Crippen molar-refractivity contribution in [3.05, 3.63) is 57.9 Å². The van der Waals surface area contributed by atoms with E-state index in [-0.39, 0.29) is 12.7 Å². The summed E-state index contributed by atoms with van der Waals surface area (Å²) in [5.41, 5.74) is 4.54. The van der Waals surface area contributed by atoms with Gasteiger partial charge in [-0.05, 0) is 51.7 Å². The molecule has 1 atom stereocenters. The standard InChI is InChI=1S/C26H37NO5/c1-8-9-10-20-11-13-21(14-12-20)24-22(25(28)31-16-15-30-7)18(4)27(6)19(5)23(24)26(29)32-17(2)3/h11-14,17,24H,8-10,15-16H2,1-7H3. The summed E-state index contributed by atoms with van der Waals surface area (Å²) in [6.45, 7) is 10.0. The normalized spacial score (nSPS) is 16.6. The second-order valence-electron chi connectivity index (χ2n) is 8.42. The first-order chi connectivity index (χ1) is 15.2. The predicted molar refractivity (Wildman–Crippen MR) is 125 cm³/mol. The van der Waals surface area contributed by atoms with Crippen LogP contribution in [0.2, 0.25) is 0 Å². The summed E-state index contributed by atoms with van der Waals surface area (Å²) in [6.07, 6.45) is 2.98. The largest absolute Gasteiger partial charge is 0.460 e. The van der Waals surface area contributed by atoms with Gasteiger partial charge in [-0.25, -0.2) is 9.59 Å². The van der Waals surface area contributed by atoms with Crippen molar-refractivity contribution in [2.45, 2.75) is 65.9 Å². The lowest BCUT2D eigenvalue weighted by atomic mass is 9.79. The molecular formula is C26H37NO5. The van der Waals surface area contributed by atoms with Crippen molar-refractivity contribution in [2.24, 2.45) is 0 Å². The Hall–Kier alpha value is -2.60. The molecule has 0 fully saturated rings. The lowest BCUT2D eigenvalue weighted by Crippen LogP contribution is -2.34. The maximum absolute atomic E-state index is 13.2. The van der Waals surface area contributed by atoms with E-state index in [0.717, 1.165) is 36.2 Å². The van der Waals surface area contributed by atoms with Crippen molar-refractivity contribution < 1.29 is 23.8 Å². The molecule has 6 nitrogen and oxygen atoms in total. The van der Waals surface area contributed by atoms with Crippen LogP contribution in [0.1, 0.15) is 64.5 Å². The fourth-order valence-corrected chi connectivity index (χ4v) is 3.87. The van der Waals surface area contributed by atoms with Crippen molar-refractivity contribution in [1.29, 1.82) is 0 Å². The number of allylic oxidation sites excluding steroid dienone is 2. The highest BCUT2D eigenvalue weighted by atomic mass is 16.6. The second kappa shape index (κ2) is 11.9. The van der Waals surface area contributed by atoms with Crippen LogP contribution in [0.5, 0.6) is 0 Å². The number of unbranched alkanes of at least 4 members (excludes halogenated alkanes) is 1. The summed E-state index contributed by atoms with van der Waals surface area (Å²) in [7, 11) is 3.40. The van der Waals surface area contributed by atoms with E-state index in [9.17, 15) is 9.59 Å². The van der Waals surface area contributed by atoms with Gasteiger partial charge in [-0.15, -0.1) is 0 Å². The summed E-state index contributed by atoms with van der Waals surface area (Å²) in [4.78, 5) is 28.2. The number of hydrogen-bond donors (Lipinski definition) is 0.